The first-order valence-corrected chi connectivity index (χ1v) is 7.36. The topological polar surface area (TPSA) is 47.6 Å². The standard InChI is InChI=1S/C13H18INO3/c1-17-10-7-13(16)15-11-3-5-12(6-4-11)18-9-2-8-14/h3-6H,2,7-10H2,1H3,(H,15,16). The van der Waals surface area contributed by atoms with E-state index in [0.29, 0.717) is 13.0 Å². The Morgan fingerprint density at radius 2 is 2.00 bits per heavy atom. The number of rotatable bonds is 8. The minimum absolute atomic E-state index is 0.0459. The average molecular weight is 363 g/mol. The summed E-state index contributed by atoms with van der Waals surface area (Å²) < 4.78 is 11.5. The van der Waals surface area contributed by atoms with Gasteiger partial charge in [0.1, 0.15) is 5.75 Å². The average Bonchev–Trinajstić information content (AvgIpc) is 2.39. The van der Waals surface area contributed by atoms with Crippen LogP contribution in [0.3, 0.4) is 0 Å². The lowest BCUT2D eigenvalue weighted by Crippen LogP contribution is -2.13. The molecule has 1 aromatic carbocycles. The maximum absolute atomic E-state index is 11.4. The smallest absolute Gasteiger partial charge is 0.226 e. The number of hydrogen-bond acceptors (Lipinski definition) is 3. The number of carbonyl (C=O) groups excluding carboxylic acids is 1. The minimum atomic E-state index is -0.0459. The van der Waals surface area contributed by atoms with Crippen LogP contribution in [0.2, 0.25) is 0 Å². The van der Waals surface area contributed by atoms with Gasteiger partial charge in [-0.2, -0.15) is 0 Å². The summed E-state index contributed by atoms with van der Waals surface area (Å²) in [6, 6.07) is 7.40. The van der Waals surface area contributed by atoms with Gasteiger partial charge >= 0.3 is 0 Å². The van der Waals surface area contributed by atoms with Gasteiger partial charge in [0.25, 0.3) is 0 Å². The molecule has 0 saturated carbocycles. The summed E-state index contributed by atoms with van der Waals surface area (Å²) in [6.07, 6.45) is 1.40. The van der Waals surface area contributed by atoms with Crippen molar-refractivity contribution in [1.82, 2.24) is 0 Å². The number of alkyl halides is 1. The molecule has 1 aromatic rings. The van der Waals surface area contributed by atoms with Gasteiger partial charge in [-0.15, -0.1) is 0 Å². The van der Waals surface area contributed by atoms with E-state index in [9.17, 15) is 4.79 Å². The number of anilines is 1. The van der Waals surface area contributed by atoms with Gasteiger partial charge in [-0.05, 0) is 30.7 Å². The first-order valence-electron chi connectivity index (χ1n) is 5.84. The zero-order valence-corrected chi connectivity index (χ0v) is 12.6. The van der Waals surface area contributed by atoms with Crippen LogP contribution in [0.5, 0.6) is 5.75 Å². The Bertz CT molecular complexity index is 354. The quantitative estimate of drug-likeness (QED) is 0.439. The van der Waals surface area contributed by atoms with Crippen molar-refractivity contribution in [2.45, 2.75) is 12.8 Å². The molecule has 0 atom stereocenters. The van der Waals surface area contributed by atoms with Crippen molar-refractivity contribution in [2.75, 3.05) is 30.1 Å². The van der Waals surface area contributed by atoms with Crippen LogP contribution in [0.25, 0.3) is 0 Å². The van der Waals surface area contributed by atoms with E-state index < -0.39 is 0 Å². The summed E-state index contributed by atoms with van der Waals surface area (Å²) in [4.78, 5) is 11.4. The number of benzene rings is 1. The second kappa shape index (κ2) is 9.16. The predicted octanol–water partition coefficient (Wildman–Crippen LogP) is 2.87. The second-order valence-electron chi connectivity index (χ2n) is 3.71. The predicted molar refractivity (Wildman–Crippen MR) is 80.6 cm³/mol. The van der Waals surface area contributed by atoms with Crippen molar-refractivity contribution < 1.29 is 14.3 Å². The number of amides is 1. The molecular weight excluding hydrogens is 345 g/mol. The van der Waals surface area contributed by atoms with Crippen LogP contribution in [0.15, 0.2) is 24.3 Å². The summed E-state index contributed by atoms with van der Waals surface area (Å²) in [7, 11) is 1.58. The molecule has 0 aliphatic carbocycles. The number of nitrogens with one attached hydrogen (secondary N) is 1. The third-order valence-electron chi connectivity index (χ3n) is 2.22. The lowest BCUT2D eigenvalue weighted by Gasteiger charge is -2.07. The van der Waals surface area contributed by atoms with E-state index in [-0.39, 0.29) is 5.91 Å². The highest BCUT2D eigenvalue weighted by atomic mass is 127. The van der Waals surface area contributed by atoms with Crippen LogP contribution >= 0.6 is 22.6 Å². The van der Waals surface area contributed by atoms with Gasteiger partial charge in [0.05, 0.1) is 19.6 Å². The third-order valence-corrected chi connectivity index (χ3v) is 2.98. The van der Waals surface area contributed by atoms with Crippen LogP contribution in [0, 0.1) is 0 Å². The fourth-order valence-electron chi connectivity index (χ4n) is 1.30. The first kappa shape index (κ1) is 15.2. The van der Waals surface area contributed by atoms with E-state index in [1.54, 1.807) is 7.11 Å². The van der Waals surface area contributed by atoms with E-state index in [0.717, 1.165) is 28.9 Å². The van der Waals surface area contributed by atoms with Gasteiger partial charge in [-0.1, -0.05) is 22.6 Å². The van der Waals surface area contributed by atoms with Gasteiger partial charge in [0.2, 0.25) is 5.91 Å². The summed E-state index contributed by atoms with van der Waals surface area (Å²) in [5.41, 5.74) is 0.775. The number of hydrogen-bond donors (Lipinski definition) is 1. The summed E-state index contributed by atoms with van der Waals surface area (Å²) in [6.45, 7) is 1.16. The highest BCUT2D eigenvalue weighted by Crippen LogP contribution is 2.16. The molecule has 0 unspecified atom stereocenters. The SMILES string of the molecule is COCCC(=O)Nc1ccc(OCCCI)cc1. The molecule has 4 nitrogen and oxygen atoms in total. The zero-order valence-electron chi connectivity index (χ0n) is 10.4. The van der Waals surface area contributed by atoms with Crippen molar-refractivity contribution in [3.05, 3.63) is 24.3 Å². The molecule has 0 heterocycles. The molecule has 0 aliphatic rings. The molecule has 5 heteroatoms. The molecular formula is C13H18INO3. The van der Waals surface area contributed by atoms with E-state index in [1.165, 1.54) is 0 Å². The lowest BCUT2D eigenvalue weighted by atomic mass is 10.3. The van der Waals surface area contributed by atoms with E-state index >= 15 is 0 Å². The van der Waals surface area contributed by atoms with E-state index in [2.05, 4.69) is 27.9 Å². The van der Waals surface area contributed by atoms with Crippen molar-refractivity contribution in [3.8, 4) is 5.75 Å². The molecule has 0 fully saturated rings. The molecule has 0 radical (unpaired) electrons. The Balaban J connectivity index is 2.37. The maximum atomic E-state index is 11.4. The molecule has 0 aromatic heterocycles. The summed E-state index contributed by atoms with van der Waals surface area (Å²) in [5, 5.41) is 2.80. The molecule has 1 rings (SSSR count). The Morgan fingerprint density at radius 3 is 2.61 bits per heavy atom. The maximum Gasteiger partial charge on any atom is 0.226 e. The fraction of sp³-hybridized carbons (Fsp3) is 0.462. The third kappa shape index (κ3) is 6.20. The molecule has 1 amide bonds. The van der Waals surface area contributed by atoms with Crippen LogP contribution in [0.1, 0.15) is 12.8 Å². The zero-order chi connectivity index (χ0) is 13.2. The minimum Gasteiger partial charge on any atom is -0.494 e. The number of ether oxygens (including phenoxy) is 2. The normalized spacial score (nSPS) is 10.1. The van der Waals surface area contributed by atoms with Crippen molar-refractivity contribution >= 4 is 34.2 Å². The van der Waals surface area contributed by atoms with Gasteiger partial charge in [-0.3, -0.25) is 4.79 Å². The number of halogens is 1. The lowest BCUT2D eigenvalue weighted by molar-refractivity contribution is -0.117. The Morgan fingerprint density at radius 1 is 1.28 bits per heavy atom. The van der Waals surface area contributed by atoms with Gasteiger partial charge in [-0.25, -0.2) is 0 Å². The Labute approximate surface area is 121 Å². The van der Waals surface area contributed by atoms with Crippen LogP contribution < -0.4 is 10.1 Å². The molecule has 0 aliphatic heterocycles. The molecule has 18 heavy (non-hydrogen) atoms. The second-order valence-corrected chi connectivity index (χ2v) is 4.79. The summed E-state index contributed by atoms with van der Waals surface area (Å²) >= 11 is 2.32. The van der Waals surface area contributed by atoms with Gasteiger partial charge < -0.3 is 14.8 Å². The van der Waals surface area contributed by atoms with Gasteiger partial charge in [0.15, 0.2) is 0 Å². The van der Waals surface area contributed by atoms with Crippen molar-refractivity contribution in [1.29, 1.82) is 0 Å². The van der Waals surface area contributed by atoms with Crippen LogP contribution in [-0.4, -0.2) is 30.7 Å². The molecule has 100 valence electrons. The highest BCUT2D eigenvalue weighted by Gasteiger charge is 2.02. The monoisotopic (exact) mass is 363 g/mol. The Hall–Kier alpha value is -0.820. The van der Waals surface area contributed by atoms with Crippen molar-refractivity contribution in [3.63, 3.8) is 0 Å². The van der Waals surface area contributed by atoms with Crippen LogP contribution in [0.4, 0.5) is 5.69 Å². The first-order chi connectivity index (χ1) is 8.76. The largest absolute Gasteiger partial charge is 0.494 e. The molecule has 0 bridgehead atoms. The number of methoxy groups -OCH3 is 1. The molecule has 1 N–H and O–H groups in total. The summed E-state index contributed by atoms with van der Waals surface area (Å²) in [5.74, 6) is 0.783. The Kier molecular flexibility index (Phi) is 7.75. The van der Waals surface area contributed by atoms with Crippen LogP contribution in [-0.2, 0) is 9.53 Å². The fourth-order valence-corrected chi connectivity index (χ4v) is 1.61. The molecule has 0 saturated heterocycles. The van der Waals surface area contributed by atoms with E-state index in [4.69, 9.17) is 9.47 Å². The van der Waals surface area contributed by atoms with Gasteiger partial charge in [0, 0.05) is 17.2 Å². The van der Waals surface area contributed by atoms with E-state index in [1.807, 2.05) is 24.3 Å². The number of carbonyl (C=O) groups is 1. The highest BCUT2D eigenvalue weighted by molar-refractivity contribution is 14.1. The molecule has 0 spiro atoms. The van der Waals surface area contributed by atoms with Crippen molar-refractivity contribution in [2.24, 2.45) is 0 Å².